The summed E-state index contributed by atoms with van der Waals surface area (Å²) in [6.45, 7) is 9.06. The molecule has 0 saturated carbocycles. The monoisotopic (exact) mass is 384 g/mol. The Balaban J connectivity index is 1.81. The van der Waals surface area contributed by atoms with Crippen molar-refractivity contribution in [2.75, 3.05) is 0 Å². The fourth-order valence-corrected chi connectivity index (χ4v) is 4.96. The van der Waals surface area contributed by atoms with Gasteiger partial charge in [0, 0.05) is 9.79 Å². The molecule has 3 heteroatoms. The van der Waals surface area contributed by atoms with Gasteiger partial charge >= 0.3 is 0 Å². The van der Waals surface area contributed by atoms with Crippen LogP contribution < -0.4 is 4.57 Å². The van der Waals surface area contributed by atoms with Crippen molar-refractivity contribution in [2.45, 2.75) is 49.3 Å². The van der Waals surface area contributed by atoms with Gasteiger partial charge in [-0.2, -0.15) is 0 Å². The summed E-state index contributed by atoms with van der Waals surface area (Å²) in [7, 11) is 0. The predicted octanol–water partition coefficient (Wildman–Crippen LogP) is 6.42. The second-order valence-electron chi connectivity index (χ2n) is 8.13. The van der Waals surface area contributed by atoms with Crippen LogP contribution in [0.5, 0.6) is 0 Å². The number of para-hydroxylation sites is 2. The highest BCUT2D eigenvalue weighted by Gasteiger charge is 2.22. The third kappa shape index (κ3) is 2.68. The molecule has 0 unspecified atom stereocenters. The molecule has 28 heavy (non-hydrogen) atoms. The van der Waals surface area contributed by atoms with Gasteiger partial charge in [-0.05, 0) is 41.2 Å². The first kappa shape index (κ1) is 17.6. The van der Waals surface area contributed by atoms with Gasteiger partial charge in [0.05, 0.1) is 22.4 Å². The molecule has 2 heterocycles. The van der Waals surface area contributed by atoms with E-state index in [9.17, 15) is 0 Å². The highest BCUT2D eigenvalue weighted by Crippen LogP contribution is 2.39. The quantitative estimate of drug-likeness (QED) is 0.257. The van der Waals surface area contributed by atoms with E-state index >= 15 is 0 Å². The summed E-state index contributed by atoms with van der Waals surface area (Å²) in [4.78, 5) is 2.57. The van der Waals surface area contributed by atoms with E-state index in [1.165, 1.54) is 43.3 Å². The number of rotatable bonds is 3. The Morgan fingerprint density at radius 1 is 0.821 bits per heavy atom. The standard InChI is InChI=1S/C25H24N2S/c1-16(2)18-12-19(17(3)4)14-20(13-18)26-15-27-21-8-5-6-10-23(21)28-24-11-7-9-22(26)25(24)27/h5-14,16-17H,1-4H3. The van der Waals surface area contributed by atoms with Crippen LogP contribution in [0.1, 0.15) is 50.7 Å². The zero-order chi connectivity index (χ0) is 19.4. The molecule has 1 aliphatic heterocycles. The summed E-state index contributed by atoms with van der Waals surface area (Å²) in [5.74, 6) is 0.989. The molecular formula is C25H24N2S. The van der Waals surface area contributed by atoms with Crippen LogP contribution in [0, 0.1) is 6.33 Å². The van der Waals surface area contributed by atoms with Crippen LogP contribution in [-0.2, 0) is 0 Å². The second kappa shape index (κ2) is 6.52. The molecule has 5 rings (SSSR count). The minimum atomic E-state index is 0.494. The third-order valence-electron chi connectivity index (χ3n) is 5.52. The van der Waals surface area contributed by atoms with E-state index in [0.717, 1.165) is 0 Å². The van der Waals surface area contributed by atoms with Crippen molar-refractivity contribution >= 4 is 22.8 Å². The number of hydrogen-bond acceptors (Lipinski definition) is 1. The van der Waals surface area contributed by atoms with Gasteiger partial charge in [-0.25, -0.2) is 0 Å². The van der Waals surface area contributed by atoms with Gasteiger partial charge < -0.3 is 0 Å². The van der Waals surface area contributed by atoms with Crippen LogP contribution in [-0.4, -0.2) is 4.57 Å². The summed E-state index contributed by atoms with van der Waals surface area (Å²) in [6.07, 6.45) is 3.66. The van der Waals surface area contributed by atoms with Crippen molar-refractivity contribution in [3.8, 4) is 11.4 Å². The summed E-state index contributed by atoms with van der Waals surface area (Å²) < 4.78 is 4.47. The molecule has 0 spiro atoms. The molecule has 0 aliphatic carbocycles. The Labute approximate surface area is 170 Å². The molecule has 0 N–H and O–H groups in total. The summed E-state index contributed by atoms with van der Waals surface area (Å²) in [5.41, 5.74) is 7.61. The largest absolute Gasteiger partial charge is 0.292 e. The first-order chi connectivity index (χ1) is 13.5. The van der Waals surface area contributed by atoms with Crippen LogP contribution in [0.2, 0.25) is 0 Å². The zero-order valence-corrected chi connectivity index (χ0v) is 17.5. The zero-order valence-electron chi connectivity index (χ0n) is 16.7. The first-order valence-corrected chi connectivity index (χ1v) is 10.8. The average molecular weight is 385 g/mol. The second-order valence-corrected chi connectivity index (χ2v) is 9.22. The molecule has 4 aromatic rings. The molecule has 0 atom stereocenters. The molecular weight excluding hydrogens is 360 g/mol. The van der Waals surface area contributed by atoms with Gasteiger partial charge in [0.1, 0.15) is 0 Å². The number of fused-ring (bicyclic) bond motifs is 2. The number of benzene rings is 3. The molecule has 1 aliphatic rings. The Morgan fingerprint density at radius 3 is 2.21 bits per heavy atom. The van der Waals surface area contributed by atoms with Gasteiger partial charge in [-0.1, -0.05) is 81.9 Å². The molecule has 0 fully saturated rings. The molecule has 0 saturated heterocycles. The number of hydrogen-bond donors (Lipinski definition) is 0. The minimum absolute atomic E-state index is 0.494. The summed E-state index contributed by atoms with van der Waals surface area (Å²) in [5, 5.41) is 0. The van der Waals surface area contributed by atoms with Gasteiger partial charge in [0.15, 0.2) is 0 Å². The predicted molar refractivity (Wildman–Crippen MR) is 116 cm³/mol. The van der Waals surface area contributed by atoms with Crippen molar-refractivity contribution in [3.63, 3.8) is 0 Å². The molecule has 140 valence electrons. The fourth-order valence-electron chi connectivity index (χ4n) is 3.87. The van der Waals surface area contributed by atoms with Crippen LogP contribution in [0.15, 0.2) is 70.5 Å². The van der Waals surface area contributed by atoms with E-state index in [1.807, 2.05) is 11.8 Å². The molecule has 0 radical (unpaired) electrons. The van der Waals surface area contributed by atoms with Crippen LogP contribution in [0.4, 0.5) is 0 Å². The van der Waals surface area contributed by atoms with Crippen molar-refractivity contribution < 1.29 is 4.57 Å². The molecule has 3 aromatic carbocycles. The average Bonchev–Trinajstić information content (AvgIpc) is 3.09. The lowest BCUT2D eigenvalue weighted by atomic mass is 9.95. The number of imidazole rings is 1. The maximum atomic E-state index is 3.66. The van der Waals surface area contributed by atoms with E-state index in [1.54, 1.807) is 0 Å². The normalized spacial score (nSPS) is 12.8. The Kier molecular flexibility index (Phi) is 4.09. The Bertz CT molecular complexity index is 1170. The van der Waals surface area contributed by atoms with Gasteiger partial charge in [-0.3, -0.25) is 9.13 Å². The minimum Gasteiger partial charge on any atom is -0.292 e. The van der Waals surface area contributed by atoms with Crippen molar-refractivity contribution in [2.24, 2.45) is 0 Å². The van der Waals surface area contributed by atoms with Crippen molar-refractivity contribution in [1.82, 2.24) is 4.57 Å². The van der Waals surface area contributed by atoms with E-state index < -0.39 is 0 Å². The van der Waals surface area contributed by atoms with Crippen molar-refractivity contribution in [1.29, 1.82) is 0 Å². The maximum absolute atomic E-state index is 3.66. The van der Waals surface area contributed by atoms with Crippen LogP contribution >= 0.6 is 11.8 Å². The summed E-state index contributed by atoms with van der Waals surface area (Å²) in [6, 6.07) is 22.2. The maximum Gasteiger partial charge on any atom is 0.269 e. The molecule has 0 bridgehead atoms. The van der Waals surface area contributed by atoms with Gasteiger partial charge in [0.25, 0.3) is 6.33 Å². The lowest BCUT2D eigenvalue weighted by Gasteiger charge is -2.17. The third-order valence-corrected chi connectivity index (χ3v) is 6.64. The van der Waals surface area contributed by atoms with Gasteiger partial charge in [0.2, 0.25) is 0 Å². The lowest BCUT2D eigenvalue weighted by Crippen LogP contribution is -2.32. The summed E-state index contributed by atoms with van der Waals surface area (Å²) >= 11 is 1.85. The molecule has 2 nitrogen and oxygen atoms in total. The molecule has 0 amide bonds. The lowest BCUT2D eigenvalue weighted by molar-refractivity contribution is -0.577. The van der Waals surface area contributed by atoms with E-state index in [2.05, 4.69) is 104 Å². The first-order valence-electron chi connectivity index (χ1n) is 9.94. The van der Waals surface area contributed by atoms with Gasteiger partial charge in [-0.15, -0.1) is 0 Å². The van der Waals surface area contributed by atoms with E-state index in [-0.39, 0.29) is 0 Å². The highest BCUT2D eigenvalue weighted by atomic mass is 32.2. The van der Waals surface area contributed by atoms with Crippen LogP contribution in [0.3, 0.4) is 0 Å². The molecule has 1 aromatic heterocycles. The topological polar surface area (TPSA) is 8.81 Å². The number of nitrogens with zero attached hydrogens (tertiary/aromatic N) is 2. The Hall–Kier alpha value is -2.52. The van der Waals surface area contributed by atoms with Crippen LogP contribution in [0.25, 0.3) is 22.4 Å². The Morgan fingerprint density at radius 2 is 1.50 bits per heavy atom. The highest BCUT2D eigenvalue weighted by molar-refractivity contribution is 7.99. The van der Waals surface area contributed by atoms with Crippen molar-refractivity contribution in [3.05, 3.63) is 78.1 Å². The van der Waals surface area contributed by atoms with E-state index in [0.29, 0.717) is 11.8 Å². The SMILES string of the molecule is CC(C)c1cc(C(C)C)cc(-n2[c-][n+]3c4c(cccc42)Sc2ccccc2-3)c1. The number of aromatic nitrogens is 2. The smallest absolute Gasteiger partial charge is 0.269 e. The fraction of sp³-hybridized carbons (Fsp3) is 0.240. The van der Waals surface area contributed by atoms with E-state index in [4.69, 9.17) is 0 Å².